The van der Waals surface area contributed by atoms with Gasteiger partial charge in [-0.05, 0) is 35.5 Å². The zero-order valence-corrected chi connectivity index (χ0v) is 13.7. The number of carbonyl (C=O) groups is 2. The Hall–Kier alpha value is -2.86. The van der Waals surface area contributed by atoms with Gasteiger partial charge in [0.1, 0.15) is 0 Å². The van der Waals surface area contributed by atoms with Crippen LogP contribution in [-0.4, -0.2) is 24.2 Å². The van der Waals surface area contributed by atoms with Crippen LogP contribution in [0.5, 0.6) is 0 Å². The molecule has 3 rings (SSSR count). The zero-order chi connectivity index (χ0) is 16.9. The third-order valence-electron chi connectivity index (χ3n) is 3.28. The number of amidine groups is 1. The molecule has 1 saturated heterocycles. The molecule has 2 aromatic rings. The molecular weight excluding hydrogens is 324 g/mol. The maximum Gasteiger partial charge on any atom is 0.340 e. The number of rotatable bonds is 3. The summed E-state index contributed by atoms with van der Waals surface area (Å²) in [6, 6.07) is 16.4. The Morgan fingerprint density at radius 1 is 1.12 bits per heavy atom. The van der Waals surface area contributed by atoms with Gasteiger partial charge < -0.3 is 10.1 Å². The summed E-state index contributed by atoms with van der Waals surface area (Å²) in [6.07, 6.45) is 1.80. The molecule has 6 heteroatoms. The fourth-order valence-corrected chi connectivity index (χ4v) is 2.98. The Bertz CT molecular complexity index is 844. The van der Waals surface area contributed by atoms with Gasteiger partial charge in [-0.15, -0.1) is 0 Å². The molecule has 24 heavy (non-hydrogen) atoms. The van der Waals surface area contributed by atoms with E-state index >= 15 is 0 Å². The van der Waals surface area contributed by atoms with Crippen molar-refractivity contribution in [2.75, 3.05) is 7.11 Å². The van der Waals surface area contributed by atoms with Gasteiger partial charge >= 0.3 is 5.97 Å². The average molecular weight is 338 g/mol. The molecule has 5 nitrogen and oxygen atoms in total. The molecule has 1 aliphatic heterocycles. The molecule has 0 bridgehead atoms. The van der Waals surface area contributed by atoms with Crippen LogP contribution >= 0.6 is 11.8 Å². The van der Waals surface area contributed by atoms with Crippen LogP contribution in [0.4, 0.5) is 5.69 Å². The summed E-state index contributed by atoms with van der Waals surface area (Å²) >= 11 is 1.23. The Morgan fingerprint density at radius 2 is 1.83 bits per heavy atom. The number of thioether (sulfide) groups is 1. The number of carbonyl (C=O) groups excluding carboxylic acids is 2. The van der Waals surface area contributed by atoms with Gasteiger partial charge in [-0.25, -0.2) is 9.79 Å². The summed E-state index contributed by atoms with van der Waals surface area (Å²) in [5.74, 6) is -0.678. The molecule has 120 valence electrons. The SMILES string of the molecule is COC(=O)c1ccccc1N=C1NC(=O)/C(=C/c2ccccc2)S1. The largest absolute Gasteiger partial charge is 0.465 e. The number of amides is 1. The van der Waals surface area contributed by atoms with Crippen molar-refractivity contribution in [3.63, 3.8) is 0 Å². The number of hydrogen-bond donors (Lipinski definition) is 1. The highest BCUT2D eigenvalue weighted by Gasteiger charge is 2.24. The van der Waals surface area contributed by atoms with Crippen LogP contribution in [0.1, 0.15) is 15.9 Å². The van der Waals surface area contributed by atoms with Gasteiger partial charge in [-0.2, -0.15) is 0 Å². The molecular formula is C18H14N2O3S. The van der Waals surface area contributed by atoms with Crippen LogP contribution in [-0.2, 0) is 9.53 Å². The topological polar surface area (TPSA) is 67.8 Å². The monoisotopic (exact) mass is 338 g/mol. The van der Waals surface area contributed by atoms with Crippen molar-refractivity contribution in [1.82, 2.24) is 5.32 Å². The van der Waals surface area contributed by atoms with E-state index in [0.717, 1.165) is 5.56 Å². The highest BCUT2D eigenvalue weighted by Crippen LogP contribution is 2.29. The molecule has 0 unspecified atom stereocenters. The van der Waals surface area contributed by atoms with Crippen molar-refractivity contribution in [3.8, 4) is 0 Å². The Kier molecular flexibility index (Phi) is 4.77. The van der Waals surface area contributed by atoms with E-state index in [0.29, 0.717) is 21.3 Å². The van der Waals surface area contributed by atoms with E-state index < -0.39 is 5.97 Å². The van der Waals surface area contributed by atoms with Crippen molar-refractivity contribution in [3.05, 3.63) is 70.6 Å². The van der Waals surface area contributed by atoms with Crippen LogP contribution in [0, 0.1) is 0 Å². The number of para-hydroxylation sites is 1. The van der Waals surface area contributed by atoms with Crippen LogP contribution < -0.4 is 5.32 Å². The third kappa shape index (κ3) is 3.55. The summed E-state index contributed by atoms with van der Waals surface area (Å²) in [4.78, 5) is 28.8. The summed E-state index contributed by atoms with van der Waals surface area (Å²) in [6.45, 7) is 0. The molecule has 0 aliphatic carbocycles. The van der Waals surface area contributed by atoms with Crippen LogP contribution in [0.3, 0.4) is 0 Å². The number of hydrogen-bond acceptors (Lipinski definition) is 5. The molecule has 0 aromatic heterocycles. The number of esters is 1. The first-order valence-electron chi connectivity index (χ1n) is 7.19. The zero-order valence-electron chi connectivity index (χ0n) is 12.9. The van der Waals surface area contributed by atoms with Crippen LogP contribution in [0.25, 0.3) is 6.08 Å². The summed E-state index contributed by atoms with van der Waals surface area (Å²) in [5.41, 5.74) is 1.74. The highest BCUT2D eigenvalue weighted by molar-refractivity contribution is 8.18. The van der Waals surface area contributed by atoms with E-state index in [1.807, 2.05) is 30.3 Å². The highest BCUT2D eigenvalue weighted by atomic mass is 32.2. The first-order chi connectivity index (χ1) is 11.7. The molecule has 1 N–H and O–H groups in total. The number of aliphatic imine (C=N–C) groups is 1. The molecule has 1 amide bonds. The lowest BCUT2D eigenvalue weighted by molar-refractivity contribution is -0.115. The van der Waals surface area contributed by atoms with E-state index in [2.05, 4.69) is 10.3 Å². The molecule has 1 aliphatic rings. The molecule has 0 spiro atoms. The maximum atomic E-state index is 12.1. The number of nitrogens with zero attached hydrogens (tertiary/aromatic N) is 1. The van der Waals surface area contributed by atoms with E-state index in [1.165, 1.54) is 18.9 Å². The Balaban J connectivity index is 1.88. The first kappa shape index (κ1) is 16.0. The van der Waals surface area contributed by atoms with Gasteiger partial charge in [0.25, 0.3) is 5.91 Å². The fourth-order valence-electron chi connectivity index (χ4n) is 2.14. The Labute approximate surface area is 143 Å². The lowest BCUT2D eigenvalue weighted by Crippen LogP contribution is -2.19. The van der Waals surface area contributed by atoms with Gasteiger partial charge in [0.05, 0.1) is 23.3 Å². The van der Waals surface area contributed by atoms with Gasteiger partial charge in [-0.3, -0.25) is 4.79 Å². The Morgan fingerprint density at radius 3 is 2.58 bits per heavy atom. The molecule has 1 fully saturated rings. The number of methoxy groups -OCH3 is 1. The minimum atomic E-state index is -0.468. The van der Waals surface area contributed by atoms with Crippen molar-refractivity contribution < 1.29 is 14.3 Å². The van der Waals surface area contributed by atoms with Gasteiger partial charge in [-0.1, -0.05) is 42.5 Å². The van der Waals surface area contributed by atoms with Crippen LogP contribution in [0.2, 0.25) is 0 Å². The fraction of sp³-hybridized carbons (Fsp3) is 0.0556. The first-order valence-corrected chi connectivity index (χ1v) is 8.01. The second-order valence-corrected chi connectivity index (χ2v) is 5.93. The second-order valence-electron chi connectivity index (χ2n) is 4.90. The second kappa shape index (κ2) is 7.14. The van der Waals surface area contributed by atoms with E-state index in [1.54, 1.807) is 30.3 Å². The summed E-state index contributed by atoms with van der Waals surface area (Å²) < 4.78 is 4.75. The quantitative estimate of drug-likeness (QED) is 0.688. The van der Waals surface area contributed by atoms with E-state index in [-0.39, 0.29) is 5.91 Å². The standard InChI is InChI=1S/C18H14N2O3S/c1-23-17(22)13-9-5-6-10-14(13)19-18-20-16(21)15(24-18)11-12-7-3-2-4-8-12/h2-11H,1H3,(H,19,20,21)/b15-11-. The van der Waals surface area contributed by atoms with Gasteiger partial charge in [0.15, 0.2) is 5.17 Å². The average Bonchev–Trinajstić information content (AvgIpc) is 2.95. The molecule has 0 radical (unpaired) electrons. The molecule has 0 saturated carbocycles. The molecule has 2 aromatic carbocycles. The normalized spacial score (nSPS) is 17.1. The number of ether oxygens (including phenoxy) is 1. The maximum absolute atomic E-state index is 12.1. The van der Waals surface area contributed by atoms with Crippen molar-refractivity contribution >= 4 is 40.6 Å². The third-order valence-corrected chi connectivity index (χ3v) is 4.19. The number of benzene rings is 2. The number of nitrogens with one attached hydrogen (secondary N) is 1. The van der Waals surface area contributed by atoms with Crippen molar-refractivity contribution in [1.29, 1.82) is 0 Å². The van der Waals surface area contributed by atoms with E-state index in [9.17, 15) is 9.59 Å². The lowest BCUT2D eigenvalue weighted by Gasteiger charge is -2.03. The van der Waals surface area contributed by atoms with Gasteiger partial charge in [0.2, 0.25) is 0 Å². The summed E-state index contributed by atoms with van der Waals surface area (Å²) in [5, 5.41) is 3.14. The van der Waals surface area contributed by atoms with Crippen molar-refractivity contribution in [2.24, 2.45) is 4.99 Å². The van der Waals surface area contributed by atoms with Gasteiger partial charge in [0, 0.05) is 0 Å². The predicted molar refractivity (Wildman–Crippen MR) is 95.0 cm³/mol. The molecule has 0 atom stereocenters. The molecule has 1 heterocycles. The minimum Gasteiger partial charge on any atom is -0.465 e. The summed E-state index contributed by atoms with van der Waals surface area (Å²) in [7, 11) is 1.32. The lowest BCUT2D eigenvalue weighted by atomic mass is 10.2. The predicted octanol–water partition coefficient (Wildman–Crippen LogP) is 3.36. The van der Waals surface area contributed by atoms with Crippen LogP contribution in [0.15, 0.2) is 64.5 Å². The smallest absolute Gasteiger partial charge is 0.340 e. The van der Waals surface area contributed by atoms with Crippen molar-refractivity contribution in [2.45, 2.75) is 0 Å². The van der Waals surface area contributed by atoms with E-state index in [4.69, 9.17) is 4.74 Å². The minimum absolute atomic E-state index is 0.210.